The zero-order valence-corrected chi connectivity index (χ0v) is 11.8. The molecule has 0 N–H and O–H groups in total. The molecule has 1 heterocycles. The van der Waals surface area contributed by atoms with Crippen molar-refractivity contribution in [3.63, 3.8) is 0 Å². The van der Waals surface area contributed by atoms with Gasteiger partial charge in [-0.05, 0) is 18.1 Å². The van der Waals surface area contributed by atoms with E-state index >= 15 is 0 Å². The SMILES string of the molecule is CC(C)CN(CCC#N)C(=O)c1ccc(C(F)(F)F)cn1. The molecule has 0 saturated heterocycles. The molecule has 0 saturated carbocycles. The minimum Gasteiger partial charge on any atom is -0.336 e. The Labute approximate surface area is 121 Å². The van der Waals surface area contributed by atoms with Gasteiger partial charge in [-0.15, -0.1) is 0 Å². The van der Waals surface area contributed by atoms with Gasteiger partial charge in [0.15, 0.2) is 0 Å². The summed E-state index contributed by atoms with van der Waals surface area (Å²) in [6.07, 6.45) is -3.67. The molecule has 1 amide bonds. The van der Waals surface area contributed by atoms with Crippen LogP contribution in [0.5, 0.6) is 0 Å². The molecule has 1 rings (SSSR count). The summed E-state index contributed by atoms with van der Waals surface area (Å²) in [5, 5.41) is 8.60. The summed E-state index contributed by atoms with van der Waals surface area (Å²) in [6.45, 7) is 4.47. The van der Waals surface area contributed by atoms with Gasteiger partial charge in [-0.3, -0.25) is 9.78 Å². The molecule has 0 radical (unpaired) electrons. The van der Waals surface area contributed by atoms with Crippen molar-refractivity contribution in [3.8, 4) is 6.07 Å². The minimum atomic E-state index is -4.48. The lowest BCUT2D eigenvalue weighted by atomic mass is 10.2. The zero-order chi connectivity index (χ0) is 16.0. The summed E-state index contributed by atoms with van der Waals surface area (Å²) in [7, 11) is 0. The first-order chi connectivity index (χ1) is 9.75. The van der Waals surface area contributed by atoms with E-state index in [0.29, 0.717) is 12.7 Å². The van der Waals surface area contributed by atoms with Gasteiger partial charge >= 0.3 is 6.18 Å². The van der Waals surface area contributed by atoms with Crippen LogP contribution in [-0.4, -0.2) is 28.9 Å². The predicted octanol–water partition coefficient (Wildman–Crippen LogP) is 3.11. The number of halogens is 3. The molecule has 0 bridgehead atoms. The Morgan fingerprint density at radius 3 is 2.52 bits per heavy atom. The molecule has 0 spiro atoms. The fraction of sp³-hybridized carbons (Fsp3) is 0.500. The van der Waals surface area contributed by atoms with Gasteiger partial charge in [0, 0.05) is 19.3 Å². The van der Waals surface area contributed by atoms with Gasteiger partial charge in [0.2, 0.25) is 0 Å². The Morgan fingerprint density at radius 1 is 1.43 bits per heavy atom. The number of hydrogen-bond donors (Lipinski definition) is 0. The molecule has 1 aromatic heterocycles. The Balaban J connectivity index is 2.90. The smallest absolute Gasteiger partial charge is 0.336 e. The van der Waals surface area contributed by atoms with Crippen LogP contribution in [0.1, 0.15) is 36.3 Å². The number of nitrogens with zero attached hydrogens (tertiary/aromatic N) is 3. The van der Waals surface area contributed by atoms with Crippen molar-refractivity contribution in [3.05, 3.63) is 29.6 Å². The fourth-order valence-corrected chi connectivity index (χ4v) is 1.75. The molecular weight excluding hydrogens is 283 g/mol. The summed E-state index contributed by atoms with van der Waals surface area (Å²) < 4.78 is 37.3. The third-order valence-electron chi connectivity index (χ3n) is 2.68. The third kappa shape index (κ3) is 5.06. The highest BCUT2D eigenvalue weighted by molar-refractivity contribution is 5.92. The summed E-state index contributed by atoms with van der Waals surface area (Å²) in [5.74, 6) is -0.283. The van der Waals surface area contributed by atoms with E-state index in [0.717, 1.165) is 12.1 Å². The summed E-state index contributed by atoms with van der Waals surface area (Å²) in [5.41, 5.74) is -0.951. The van der Waals surface area contributed by atoms with E-state index in [1.807, 2.05) is 19.9 Å². The molecule has 0 atom stereocenters. The number of amides is 1. The van der Waals surface area contributed by atoms with E-state index in [1.54, 1.807) is 0 Å². The third-order valence-corrected chi connectivity index (χ3v) is 2.68. The van der Waals surface area contributed by atoms with Gasteiger partial charge in [0.1, 0.15) is 5.69 Å². The molecule has 21 heavy (non-hydrogen) atoms. The number of aromatic nitrogens is 1. The highest BCUT2D eigenvalue weighted by Crippen LogP contribution is 2.28. The van der Waals surface area contributed by atoms with Crippen LogP contribution in [0.15, 0.2) is 18.3 Å². The second-order valence-corrected chi connectivity index (χ2v) is 4.98. The molecule has 114 valence electrons. The summed E-state index contributed by atoms with van der Waals surface area (Å²) >= 11 is 0. The topological polar surface area (TPSA) is 57.0 Å². The molecule has 4 nitrogen and oxygen atoms in total. The van der Waals surface area contributed by atoms with Crippen LogP contribution < -0.4 is 0 Å². The van der Waals surface area contributed by atoms with Crippen molar-refractivity contribution in [1.29, 1.82) is 5.26 Å². The number of pyridine rings is 1. The molecule has 0 unspecified atom stereocenters. The van der Waals surface area contributed by atoms with E-state index in [2.05, 4.69) is 4.98 Å². The predicted molar refractivity (Wildman–Crippen MR) is 70.2 cm³/mol. The van der Waals surface area contributed by atoms with Crippen molar-refractivity contribution in [2.24, 2.45) is 5.92 Å². The van der Waals surface area contributed by atoms with Gasteiger partial charge in [0.05, 0.1) is 18.1 Å². The first kappa shape index (κ1) is 17.0. The van der Waals surface area contributed by atoms with Crippen molar-refractivity contribution < 1.29 is 18.0 Å². The lowest BCUT2D eigenvalue weighted by Gasteiger charge is -2.23. The van der Waals surface area contributed by atoms with Gasteiger partial charge in [-0.1, -0.05) is 13.8 Å². The van der Waals surface area contributed by atoms with Crippen molar-refractivity contribution in [1.82, 2.24) is 9.88 Å². The molecule has 0 aromatic carbocycles. The molecule has 0 aliphatic heterocycles. The van der Waals surface area contributed by atoms with Crippen LogP contribution in [0, 0.1) is 17.2 Å². The Bertz CT molecular complexity index is 518. The number of rotatable bonds is 5. The molecule has 0 fully saturated rings. The van der Waals surface area contributed by atoms with E-state index < -0.39 is 17.6 Å². The Morgan fingerprint density at radius 2 is 2.10 bits per heavy atom. The zero-order valence-electron chi connectivity index (χ0n) is 11.8. The van der Waals surface area contributed by atoms with Gasteiger partial charge < -0.3 is 4.90 Å². The highest BCUT2D eigenvalue weighted by atomic mass is 19.4. The van der Waals surface area contributed by atoms with Gasteiger partial charge in [-0.25, -0.2) is 0 Å². The Hall–Kier alpha value is -2.10. The lowest BCUT2D eigenvalue weighted by Crippen LogP contribution is -2.35. The number of alkyl halides is 3. The maximum atomic E-state index is 12.4. The average Bonchev–Trinajstić information content (AvgIpc) is 2.41. The normalized spacial score (nSPS) is 11.3. The number of carbonyl (C=O) groups is 1. The first-order valence-electron chi connectivity index (χ1n) is 6.45. The Kier molecular flexibility index (Phi) is 5.70. The van der Waals surface area contributed by atoms with Crippen molar-refractivity contribution in [2.45, 2.75) is 26.4 Å². The van der Waals surface area contributed by atoms with Crippen LogP contribution in [0.25, 0.3) is 0 Å². The summed E-state index contributed by atoms with van der Waals surface area (Å²) in [6, 6.07) is 3.84. The van der Waals surface area contributed by atoms with Crippen LogP contribution in [-0.2, 0) is 6.18 Å². The average molecular weight is 299 g/mol. The van der Waals surface area contributed by atoms with E-state index in [9.17, 15) is 18.0 Å². The standard InChI is InChI=1S/C14H16F3N3O/c1-10(2)9-20(7-3-6-18)13(21)12-5-4-11(8-19-12)14(15,16)17/h4-5,8,10H,3,7,9H2,1-2H3. The molecule has 0 aliphatic carbocycles. The maximum Gasteiger partial charge on any atom is 0.417 e. The quantitative estimate of drug-likeness (QED) is 0.839. The van der Waals surface area contributed by atoms with Crippen molar-refractivity contribution >= 4 is 5.91 Å². The van der Waals surface area contributed by atoms with Gasteiger partial charge in [0.25, 0.3) is 5.91 Å². The number of carbonyl (C=O) groups excluding carboxylic acids is 1. The van der Waals surface area contributed by atoms with Crippen LogP contribution in [0.4, 0.5) is 13.2 Å². The number of hydrogen-bond acceptors (Lipinski definition) is 3. The monoisotopic (exact) mass is 299 g/mol. The molecule has 0 aliphatic rings. The number of nitriles is 1. The lowest BCUT2D eigenvalue weighted by molar-refractivity contribution is -0.137. The van der Waals surface area contributed by atoms with Crippen LogP contribution >= 0.6 is 0 Å². The van der Waals surface area contributed by atoms with E-state index in [-0.39, 0.29) is 24.6 Å². The van der Waals surface area contributed by atoms with E-state index in [4.69, 9.17) is 5.26 Å². The van der Waals surface area contributed by atoms with Crippen LogP contribution in [0.3, 0.4) is 0 Å². The highest BCUT2D eigenvalue weighted by Gasteiger charge is 2.31. The molecule has 1 aromatic rings. The summed E-state index contributed by atoms with van der Waals surface area (Å²) in [4.78, 5) is 17.2. The first-order valence-corrected chi connectivity index (χ1v) is 6.45. The molecule has 7 heteroatoms. The fourth-order valence-electron chi connectivity index (χ4n) is 1.75. The second kappa shape index (κ2) is 7.07. The minimum absolute atomic E-state index is 0.0541. The van der Waals surface area contributed by atoms with E-state index in [1.165, 1.54) is 4.90 Å². The second-order valence-electron chi connectivity index (χ2n) is 4.98. The maximum absolute atomic E-state index is 12.4. The van der Waals surface area contributed by atoms with Gasteiger partial charge in [-0.2, -0.15) is 18.4 Å². The largest absolute Gasteiger partial charge is 0.417 e. The molecular formula is C14H16F3N3O. The van der Waals surface area contributed by atoms with Crippen LogP contribution in [0.2, 0.25) is 0 Å². The van der Waals surface area contributed by atoms with Crippen molar-refractivity contribution in [2.75, 3.05) is 13.1 Å².